The summed E-state index contributed by atoms with van der Waals surface area (Å²) in [6, 6.07) is 5.93. The molecule has 4 heterocycles. The fourth-order valence-corrected chi connectivity index (χ4v) is 7.56. The number of aromatic nitrogens is 1. The van der Waals surface area contributed by atoms with Gasteiger partial charge in [0.2, 0.25) is 0 Å². The van der Waals surface area contributed by atoms with Crippen LogP contribution < -0.4 is 5.32 Å². The van der Waals surface area contributed by atoms with E-state index in [1.807, 2.05) is 23.1 Å². The van der Waals surface area contributed by atoms with Gasteiger partial charge in [-0.25, -0.2) is 4.98 Å². The Bertz CT molecular complexity index is 1250. The molecule has 1 fully saturated rings. The van der Waals surface area contributed by atoms with E-state index in [2.05, 4.69) is 31.1 Å². The van der Waals surface area contributed by atoms with E-state index in [1.54, 1.807) is 22.7 Å². The third-order valence-electron chi connectivity index (χ3n) is 7.23. The molecule has 6 nitrogen and oxygen atoms in total. The molecule has 1 aromatic carbocycles. The van der Waals surface area contributed by atoms with Crippen molar-refractivity contribution >= 4 is 44.6 Å². The first-order chi connectivity index (χ1) is 17.4. The van der Waals surface area contributed by atoms with Crippen molar-refractivity contribution in [3.05, 3.63) is 39.1 Å². The summed E-state index contributed by atoms with van der Waals surface area (Å²) in [5.74, 6) is 1.04. The van der Waals surface area contributed by atoms with Gasteiger partial charge in [0.05, 0.1) is 10.2 Å². The molecule has 2 aromatic heterocycles. The number of ketones is 1. The van der Waals surface area contributed by atoms with Crippen molar-refractivity contribution in [3.8, 4) is 10.6 Å². The van der Waals surface area contributed by atoms with Crippen molar-refractivity contribution in [2.24, 2.45) is 5.92 Å². The molecule has 0 saturated carbocycles. The quantitative estimate of drug-likeness (QED) is 0.449. The Labute approximate surface area is 221 Å². The first kappa shape index (κ1) is 25.5. The Balaban J connectivity index is 1.42. The van der Waals surface area contributed by atoms with Crippen molar-refractivity contribution in [1.29, 1.82) is 0 Å². The van der Waals surface area contributed by atoms with Crippen molar-refractivity contribution in [2.75, 3.05) is 39.8 Å². The number of carbonyl (C=O) groups excluding carboxylic acids is 2. The summed E-state index contributed by atoms with van der Waals surface area (Å²) in [5.41, 5.74) is 4.12. The lowest BCUT2D eigenvalue weighted by atomic mass is 9.99. The summed E-state index contributed by atoms with van der Waals surface area (Å²) in [7, 11) is 2.09. The lowest BCUT2D eigenvalue weighted by molar-refractivity contribution is -0.118. The van der Waals surface area contributed by atoms with Gasteiger partial charge in [-0.3, -0.25) is 9.59 Å². The zero-order valence-electron chi connectivity index (χ0n) is 21.6. The highest BCUT2D eigenvalue weighted by Gasteiger charge is 2.26. The Hall–Kier alpha value is -2.13. The standard InChI is InChI=1S/C28H36N4O2S2/c1-18(2)5-4-6-20(33)16-24-26(21-9-10-29-17-25(21)35-24)27-30-22-15-19(7-8-23(22)36-27)28(34)32-13-11-31(3)12-14-32/h7-8,15,18,29H,4-6,9-14,16-17H2,1-3H3. The number of rotatable bonds is 8. The summed E-state index contributed by atoms with van der Waals surface area (Å²) in [4.78, 5) is 37.7. The number of likely N-dealkylation sites (N-methyl/N-ethyl adjacent to an activating group) is 1. The van der Waals surface area contributed by atoms with Crippen molar-refractivity contribution < 1.29 is 9.59 Å². The minimum Gasteiger partial charge on any atom is -0.336 e. The number of hydrogen-bond donors (Lipinski definition) is 1. The Kier molecular flexibility index (Phi) is 7.86. The normalized spacial score (nSPS) is 16.6. The molecule has 0 unspecified atom stereocenters. The molecule has 2 aliphatic rings. The number of thiophene rings is 1. The van der Waals surface area contributed by atoms with Gasteiger partial charge in [0, 0.05) is 66.4 Å². The van der Waals surface area contributed by atoms with Gasteiger partial charge in [-0.15, -0.1) is 22.7 Å². The highest BCUT2D eigenvalue weighted by Crippen LogP contribution is 2.42. The molecule has 192 valence electrons. The van der Waals surface area contributed by atoms with E-state index in [4.69, 9.17) is 4.98 Å². The lowest BCUT2D eigenvalue weighted by Crippen LogP contribution is -2.47. The summed E-state index contributed by atoms with van der Waals surface area (Å²) in [6.45, 7) is 9.58. The molecule has 2 aliphatic heterocycles. The van der Waals surface area contributed by atoms with Gasteiger partial charge in [-0.2, -0.15) is 0 Å². The number of amides is 1. The number of nitrogens with zero attached hydrogens (tertiary/aromatic N) is 3. The van der Waals surface area contributed by atoms with Gasteiger partial charge in [-0.1, -0.05) is 20.3 Å². The first-order valence-electron chi connectivity index (χ1n) is 13.1. The van der Waals surface area contributed by atoms with Crippen LogP contribution in [-0.4, -0.2) is 66.2 Å². The van der Waals surface area contributed by atoms with Gasteiger partial charge >= 0.3 is 0 Å². The van der Waals surface area contributed by atoms with Crippen molar-refractivity contribution in [1.82, 2.24) is 20.1 Å². The third kappa shape index (κ3) is 5.57. The molecule has 0 bridgehead atoms. The number of piperazine rings is 1. The molecular weight excluding hydrogens is 488 g/mol. The van der Waals surface area contributed by atoms with E-state index in [9.17, 15) is 9.59 Å². The summed E-state index contributed by atoms with van der Waals surface area (Å²) < 4.78 is 1.09. The molecule has 3 aromatic rings. The largest absolute Gasteiger partial charge is 0.336 e. The van der Waals surface area contributed by atoms with E-state index in [0.717, 1.165) is 78.6 Å². The molecule has 0 atom stereocenters. The molecule has 0 spiro atoms. The molecule has 0 aliphatic carbocycles. The molecule has 0 radical (unpaired) electrons. The number of nitrogens with one attached hydrogen (secondary N) is 1. The van der Waals surface area contributed by atoms with E-state index in [1.165, 1.54) is 16.0 Å². The number of benzene rings is 1. The van der Waals surface area contributed by atoms with Crippen LogP contribution in [0.1, 0.15) is 58.8 Å². The fraction of sp³-hybridized carbons (Fsp3) is 0.536. The zero-order valence-corrected chi connectivity index (χ0v) is 23.2. The second-order valence-electron chi connectivity index (χ2n) is 10.5. The predicted octanol–water partition coefficient (Wildman–Crippen LogP) is 5.00. The van der Waals surface area contributed by atoms with Crippen LogP contribution in [0.15, 0.2) is 18.2 Å². The fourth-order valence-electron chi connectivity index (χ4n) is 5.10. The van der Waals surface area contributed by atoms with Gasteiger partial charge in [-0.05, 0) is 56.1 Å². The Morgan fingerprint density at radius 1 is 1.14 bits per heavy atom. The van der Waals surface area contributed by atoms with Gasteiger partial charge in [0.1, 0.15) is 10.8 Å². The van der Waals surface area contributed by atoms with Crippen LogP contribution in [0.5, 0.6) is 0 Å². The summed E-state index contributed by atoms with van der Waals surface area (Å²) in [5, 5.41) is 4.46. The Morgan fingerprint density at radius 3 is 2.72 bits per heavy atom. The molecule has 1 N–H and O–H groups in total. The number of carbonyl (C=O) groups is 2. The van der Waals surface area contributed by atoms with E-state index in [0.29, 0.717) is 30.1 Å². The van der Waals surface area contributed by atoms with Crippen LogP contribution in [0.3, 0.4) is 0 Å². The second-order valence-corrected chi connectivity index (χ2v) is 12.7. The van der Waals surface area contributed by atoms with Gasteiger partial charge in [0.15, 0.2) is 0 Å². The summed E-state index contributed by atoms with van der Waals surface area (Å²) in [6.07, 6.45) is 4.16. The maximum absolute atomic E-state index is 13.1. The smallest absolute Gasteiger partial charge is 0.254 e. The minimum absolute atomic E-state index is 0.0891. The monoisotopic (exact) mass is 524 g/mol. The lowest BCUT2D eigenvalue weighted by Gasteiger charge is -2.32. The van der Waals surface area contributed by atoms with Crippen molar-refractivity contribution in [3.63, 3.8) is 0 Å². The summed E-state index contributed by atoms with van der Waals surface area (Å²) >= 11 is 3.46. The average Bonchev–Trinajstić information content (AvgIpc) is 3.43. The molecule has 5 rings (SSSR count). The average molecular weight is 525 g/mol. The highest BCUT2D eigenvalue weighted by molar-refractivity contribution is 7.22. The van der Waals surface area contributed by atoms with E-state index >= 15 is 0 Å². The highest BCUT2D eigenvalue weighted by atomic mass is 32.1. The van der Waals surface area contributed by atoms with Crippen LogP contribution in [0.4, 0.5) is 0 Å². The van der Waals surface area contributed by atoms with Crippen LogP contribution in [-0.2, 0) is 24.2 Å². The van der Waals surface area contributed by atoms with Crippen LogP contribution in [0.25, 0.3) is 20.8 Å². The first-order valence-corrected chi connectivity index (χ1v) is 14.8. The number of fused-ring (bicyclic) bond motifs is 2. The maximum Gasteiger partial charge on any atom is 0.254 e. The van der Waals surface area contributed by atoms with Gasteiger partial charge in [0.25, 0.3) is 5.91 Å². The topological polar surface area (TPSA) is 65.5 Å². The minimum atomic E-state index is 0.0891. The number of thiazole rings is 1. The second kappa shape index (κ2) is 11.1. The van der Waals surface area contributed by atoms with E-state index in [-0.39, 0.29) is 5.91 Å². The van der Waals surface area contributed by atoms with Crippen LogP contribution >= 0.6 is 22.7 Å². The maximum atomic E-state index is 13.1. The molecule has 36 heavy (non-hydrogen) atoms. The predicted molar refractivity (Wildman–Crippen MR) is 149 cm³/mol. The molecule has 1 saturated heterocycles. The van der Waals surface area contributed by atoms with Crippen LogP contribution in [0.2, 0.25) is 0 Å². The van der Waals surface area contributed by atoms with Gasteiger partial charge < -0.3 is 15.1 Å². The molecule has 8 heteroatoms. The SMILES string of the molecule is CC(C)CCCC(=O)Cc1sc2c(c1-c1nc3cc(C(=O)N4CCN(C)CC4)ccc3s1)CCNC2. The number of hydrogen-bond acceptors (Lipinski definition) is 7. The Morgan fingerprint density at radius 2 is 1.94 bits per heavy atom. The van der Waals surface area contributed by atoms with Crippen LogP contribution in [0, 0.1) is 5.92 Å². The van der Waals surface area contributed by atoms with E-state index < -0.39 is 0 Å². The van der Waals surface area contributed by atoms with Crippen molar-refractivity contribution in [2.45, 2.75) is 52.5 Å². The third-order valence-corrected chi connectivity index (χ3v) is 9.52. The molecule has 1 amide bonds. The molecular formula is C28H36N4O2S2. The zero-order chi connectivity index (χ0) is 25.2. The number of Topliss-reactive ketones (excluding diaryl/α,β-unsaturated/α-hetero) is 1.